The van der Waals surface area contributed by atoms with E-state index in [-0.39, 0.29) is 0 Å². The summed E-state index contributed by atoms with van der Waals surface area (Å²) >= 11 is 1.02. The van der Waals surface area contributed by atoms with E-state index in [1.807, 2.05) is 35.7 Å². The zero-order valence-corrected chi connectivity index (χ0v) is 13.3. The molecule has 1 aromatic carbocycles. The van der Waals surface area contributed by atoms with Crippen LogP contribution in [0.5, 0.6) is 0 Å². The van der Waals surface area contributed by atoms with Crippen molar-refractivity contribution >= 4 is 48.0 Å². The van der Waals surface area contributed by atoms with Crippen LogP contribution < -0.4 is 4.46 Å². The average Bonchev–Trinajstić information content (AvgIpc) is 3.08. The predicted octanol–water partition coefficient (Wildman–Crippen LogP) is 2.06. The zero-order valence-electron chi connectivity index (χ0n) is 9.93. The zero-order chi connectivity index (χ0) is 13.5. The molecular weight excluding hydrogens is 345 g/mol. The molecule has 1 aliphatic heterocycles. The van der Waals surface area contributed by atoms with Gasteiger partial charge in [0.25, 0.3) is 0 Å². The van der Waals surface area contributed by atoms with Gasteiger partial charge in [0, 0.05) is 11.1 Å². The van der Waals surface area contributed by atoms with Crippen LogP contribution in [0.1, 0.15) is 5.56 Å². The molecule has 0 bridgehead atoms. The Balaban J connectivity index is 0.000000141. The SMILES string of the molecule is C=CCSc1csnn1.O=[Se]1N=Cc2ccccc21. The van der Waals surface area contributed by atoms with Gasteiger partial charge < -0.3 is 0 Å². The Labute approximate surface area is 124 Å². The standard InChI is InChI=1S/C7H5NOSe.C5H6N2S2/c9-10-7-4-2-1-3-6(7)5-8-10;1-2-3-8-5-4-9-7-6-5/h1-5H;2,4H,1,3H2. The fourth-order valence-electron chi connectivity index (χ4n) is 1.27. The van der Waals surface area contributed by atoms with Crippen LogP contribution in [0.4, 0.5) is 0 Å². The molecule has 0 radical (unpaired) electrons. The van der Waals surface area contributed by atoms with Crippen molar-refractivity contribution in [3.8, 4) is 0 Å². The maximum atomic E-state index is 11.1. The Hall–Kier alpha value is -1.14. The molecule has 19 heavy (non-hydrogen) atoms. The van der Waals surface area contributed by atoms with Gasteiger partial charge in [-0.05, 0) is 11.5 Å². The Morgan fingerprint density at radius 2 is 2.26 bits per heavy atom. The molecule has 1 atom stereocenters. The summed E-state index contributed by atoms with van der Waals surface area (Å²) in [5, 5.41) is 6.75. The average molecular weight is 356 g/mol. The first-order valence-corrected chi connectivity index (χ1v) is 9.51. The number of nitrogens with zero attached hydrogens (tertiary/aromatic N) is 3. The van der Waals surface area contributed by atoms with Crippen molar-refractivity contribution in [2.45, 2.75) is 5.03 Å². The maximum absolute atomic E-state index is 11.1. The molecule has 0 saturated heterocycles. The van der Waals surface area contributed by atoms with Crippen molar-refractivity contribution in [3.63, 3.8) is 0 Å². The van der Waals surface area contributed by atoms with Crippen molar-refractivity contribution < 1.29 is 3.83 Å². The first kappa shape index (κ1) is 14.3. The van der Waals surface area contributed by atoms with Crippen LogP contribution in [0.2, 0.25) is 0 Å². The number of hydrogen-bond acceptors (Lipinski definition) is 5. The van der Waals surface area contributed by atoms with E-state index in [9.17, 15) is 3.83 Å². The number of hydrogen-bond donors (Lipinski definition) is 0. The van der Waals surface area contributed by atoms with Gasteiger partial charge in [0.2, 0.25) is 0 Å². The van der Waals surface area contributed by atoms with Crippen LogP contribution in [0, 0.1) is 0 Å². The third-order valence-corrected chi connectivity index (χ3v) is 5.83. The third-order valence-electron chi connectivity index (χ3n) is 2.08. The molecule has 1 aliphatic rings. The molecule has 3 rings (SSSR count). The monoisotopic (exact) mass is 357 g/mol. The Morgan fingerprint density at radius 3 is 2.95 bits per heavy atom. The number of aromatic nitrogens is 2. The van der Waals surface area contributed by atoms with Gasteiger partial charge in [0.05, 0.1) is 0 Å². The first-order valence-electron chi connectivity index (χ1n) is 5.37. The Kier molecular flexibility index (Phi) is 5.60. The van der Waals surface area contributed by atoms with Gasteiger partial charge >= 0.3 is 62.4 Å². The van der Waals surface area contributed by atoms with Gasteiger partial charge in [-0.3, -0.25) is 0 Å². The van der Waals surface area contributed by atoms with Crippen LogP contribution in [0.3, 0.4) is 0 Å². The molecule has 2 heterocycles. The fourth-order valence-corrected chi connectivity index (χ4v) is 4.19. The van der Waals surface area contributed by atoms with Crippen molar-refractivity contribution in [2.24, 2.45) is 4.01 Å². The summed E-state index contributed by atoms with van der Waals surface area (Å²) in [7, 11) is 0. The van der Waals surface area contributed by atoms with Gasteiger partial charge in [0.15, 0.2) is 0 Å². The number of benzene rings is 1. The number of rotatable bonds is 3. The van der Waals surface area contributed by atoms with Crippen LogP contribution in [0.15, 0.2) is 51.3 Å². The Bertz CT molecular complexity index is 599. The van der Waals surface area contributed by atoms with E-state index in [4.69, 9.17) is 0 Å². The van der Waals surface area contributed by atoms with Crippen LogP contribution >= 0.6 is 23.3 Å². The van der Waals surface area contributed by atoms with Crippen molar-refractivity contribution in [2.75, 3.05) is 5.75 Å². The summed E-state index contributed by atoms with van der Waals surface area (Å²) in [6, 6.07) is 7.62. The number of thioether (sulfide) groups is 1. The van der Waals surface area contributed by atoms with E-state index in [2.05, 4.69) is 20.2 Å². The molecule has 1 aromatic heterocycles. The molecule has 0 amide bonds. The van der Waals surface area contributed by atoms with Crippen molar-refractivity contribution in [1.29, 1.82) is 0 Å². The van der Waals surface area contributed by atoms with Crippen molar-refractivity contribution in [1.82, 2.24) is 9.59 Å². The Morgan fingerprint density at radius 1 is 1.42 bits per heavy atom. The summed E-state index contributed by atoms with van der Waals surface area (Å²) < 4.78 is 19.6. The second-order valence-corrected chi connectivity index (χ2v) is 7.43. The van der Waals surface area contributed by atoms with Crippen LogP contribution in [-0.4, -0.2) is 35.6 Å². The molecule has 0 fully saturated rings. The first-order chi connectivity index (χ1) is 9.31. The van der Waals surface area contributed by atoms with Crippen LogP contribution in [0.25, 0.3) is 0 Å². The van der Waals surface area contributed by atoms with Gasteiger partial charge in [-0.1, -0.05) is 22.3 Å². The summed E-state index contributed by atoms with van der Waals surface area (Å²) in [6.07, 6.45) is 3.54. The van der Waals surface area contributed by atoms with E-state index in [0.29, 0.717) is 0 Å². The molecule has 0 N–H and O–H groups in total. The van der Waals surface area contributed by atoms with E-state index < -0.39 is 14.1 Å². The van der Waals surface area contributed by atoms with E-state index in [1.165, 1.54) is 11.5 Å². The number of fused-ring (bicyclic) bond motifs is 1. The molecule has 2 aromatic rings. The molecular formula is C12H11N3OS2Se. The molecule has 0 aliphatic carbocycles. The third kappa shape index (κ3) is 4.18. The fraction of sp³-hybridized carbons (Fsp3) is 0.0833. The molecule has 0 saturated carbocycles. The predicted molar refractivity (Wildman–Crippen MR) is 80.9 cm³/mol. The summed E-state index contributed by atoms with van der Waals surface area (Å²) in [5.74, 6) is 0.908. The molecule has 1 unspecified atom stereocenters. The van der Waals surface area contributed by atoms with Gasteiger partial charge in [-0.25, -0.2) is 0 Å². The molecule has 4 nitrogen and oxygen atoms in total. The molecule has 0 spiro atoms. The van der Waals surface area contributed by atoms with Gasteiger partial charge in [0.1, 0.15) is 5.03 Å². The van der Waals surface area contributed by atoms with Crippen LogP contribution in [-0.2, 0) is 3.83 Å². The molecule has 98 valence electrons. The van der Waals surface area contributed by atoms with E-state index in [0.717, 1.165) is 20.8 Å². The summed E-state index contributed by atoms with van der Waals surface area (Å²) in [4.78, 5) is 0. The topological polar surface area (TPSA) is 55.2 Å². The second kappa shape index (κ2) is 7.45. The second-order valence-electron chi connectivity index (χ2n) is 3.36. The van der Waals surface area contributed by atoms with E-state index >= 15 is 0 Å². The molecule has 7 heteroatoms. The quantitative estimate of drug-likeness (QED) is 0.480. The van der Waals surface area contributed by atoms with E-state index in [1.54, 1.807) is 18.0 Å². The minimum absolute atomic E-state index is 0.908. The minimum atomic E-state index is -2.00. The summed E-state index contributed by atoms with van der Waals surface area (Å²) in [5.41, 5.74) is 1.02. The summed E-state index contributed by atoms with van der Waals surface area (Å²) in [6.45, 7) is 3.59. The van der Waals surface area contributed by atoms with Gasteiger partial charge in [-0.15, -0.1) is 11.7 Å². The normalized spacial score (nSPS) is 15.5. The van der Waals surface area contributed by atoms with Crippen molar-refractivity contribution in [3.05, 3.63) is 47.9 Å². The van der Waals surface area contributed by atoms with Gasteiger partial charge in [-0.2, -0.15) is 0 Å².